The summed E-state index contributed by atoms with van der Waals surface area (Å²) in [6, 6.07) is 1.80. The molecule has 0 aliphatic heterocycles. The van der Waals surface area contributed by atoms with Crippen molar-refractivity contribution in [3.8, 4) is 0 Å². The lowest BCUT2D eigenvalue weighted by Crippen LogP contribution is -2.33. The molecule has 0 fully saturated rings. The lowest BCUT2D eigenvalue weighted by molar-refractivity contribution is 0.251. The third-order valence-electron chi connectivity index (χ3n) is 3.42. The van der Waals surface area contributed by atoms with E-state index in [0.29, 0.717) is 6.54 Å². The van der Waals surface area contributed by atoms with Gasteiger partial charge in [0.05, 0.1) is 11.2 Å². The zero-order valence-corrected chi connectivity index (χ0v) is 15.2. The molecule has 0 saturated heterocycles. The molecule has 1 aromatic heterocycles. The number of unbranched alkanes of at least 4 members (excludes halogenated alkanes) is 2. The lowest BCUT2D eigenvalue weighted by atomic mass is 9.92. The Morgan fingerprint density at radius 3 is 2.32 bits per heavy atom. The summed E-state index contributed by atoms with van der Waals surface area (Å²) in [5, 5.41) is 10.5. The number of carbonyl (C=O) groups is 1. The number of nitrogens with zero attached hydrogens (tertiary/aromatic N) is 2. The largest absolute Gasteiger partial charge is 0.338 e. The van der Waals surface area contributed by atoms with Crippen molar-refractivity contribution in [2.75, 3.05) is 11.9 Å². The van der Waals surface area contributed by atoms with E-state index in [0.717, 1.165) is 30.8 Å². The third kappa shape index (κ3) is 5.35. The fourth-order valence-corrected chi connectivity index (χ4v) is 2.09. The topological polar surface area (TPSA) is 59.0 Å². The third-order valence-corrected chi connectivity index (χ3v) is 3.42. The molecule has 1 rings (SSSR count). The summed E-state index contributed by atoms with van der Waals surface area (Å²) >= 11 is 0. The van der Waals surface area contributed by atoms with Gasteiger partial charge in [0.15, 0.2) is 0 Å². The summed E-state index contributed by atoms with van der Waals surface area (Å²) in [5.74, 6) is 0.741. The van der Waals surface area contributed by atoms with Crippen molar-refractivity contribution in [2.45, 2.75) is 78.7 Å². The Kier molecular flexibility index (Phi) is 6.03. The minimum Gasteiger partial charge on any atom is -0.338 e. The second kappa shape index (κ2) is 7.16. The van der Waals surface area contributed by atoms with Crippen molar-refractivity contribution >= 4 is 11.8 Å². The molecule has 22 heavy (non-hydrogen) atoms. The molecule has 0 spiro atoms. The van der Waals surface area contributed by atoms with Crippen molar-refractivity contribution in [1.29, 1.82) is 0 Å². The Bertz CT molecular complexity index is 492. The maximum absolute atomic E-state index is 12.1. The van der Waals surface area contributed by atoms with E-state index in [-0.39, 0.29) is 17.0 Å². The van der Waals surface area contributed by atoms with Crippen LogP contribution in [0.4, 0.5) is 10.6 Å². The molecule has 0 radical (unpaired) electrons. The van der Waals surface area contributed by atoms with E-state index < -0.39 is 0 Å². The minimum absolute atomic E-state index is 0.0511. The van der Waals surface area contributed by atoms with E-state index in [1.54, 1.807) is 0 Å². The van der Waals surface area contributed by atoms with Gasteiger partial charge in [0, 0.05) is 18.0 Å². The van der Waals surface area contributed by atoms with Crippen LogP contribution in [0.1, 0.15) is 73.4 Å². The first kappa shape index (κ1) is 18.5. The Hall–Kier alpha value is -1.52. The van der Waals surface area contributed by atoms with Gasteiger partial charge in [-0.1, -0.05) is 40.5 Å². The van der Waals surface area contributed by atoms with Crippen LogP contribution in [0.5, 0.6) is 0 Å². The predicted molar refractivity (Wildman–Crippen MR) is 92.5 cm³/mol. The number of hydrogen-bond acceptors (Lipinski definition) is 2. The Balaban J connectivity index is 2.84. The highest BCUT2D eigenvalue weighted by molar-refractivity contribution is 5.88. The SMILES string of the molecule is CCCCCNC(=O)Nc1cc(C(C)(C)C)nn1C(C)(C)C. The van der Waals surface area contributed by atoms with E-state index >= 15 is 0 Å². The van der Waals surface area contributed by atoms with Gasteiger partial charge in [0.2, 0.25) is 0 Å². The Morgan fingerprint density at radius 1 is 1.18 bits per heavy atom. The highest BCUT2D eigenvalue weighted by Gasteiger charge is 2.25. The number of carbonyl (C=O) groups excluding carboxylic acids is 1. The molecule has 1 aromatic rings. The van der Waals surface area contributed by atoms with Crippen molar-refractivity contribution in [1.82, 2.24) is 15.1 Å². The van der Waals surface area contributed by atoms with Gasteiger partial charge >= 0.3 is 6.03 Å². The monoisotopic (exact) mass is 308 g/mol. The summed E-state index contributed by atoms with van der Waals surface area (Å²) in [5.41, 5.74) is 0.738. The number of nitrogens with one attached hydrogen (secondary N) is 2. The molecule has 2 N–H and O–H groups in total. The molecule has 0 aliphatic carbocycles. The van der Waals surface area contributed by atoms with Gasteiger partial charge in [-0.05, 0) is 27.2 Å². The number of urea groups is 1. The number of amides is 2. The molecular weight excluding hydrogens is 276 g/mol. The number of anilines is 1. The first-order valence-corrected chi connectivity index (χ1v) is 8.21. The molecule has 1 heterocycles. The van der Waals surface area contributed by atoms with E-state index in [9.17, 15) is 4.79 Å². The summed E-state index contributed by atoms with van der Waals surface area (Å²) in [7, 11) is 0. The average Bonchev–Trinajstić information content (AvgIpc) is 2.78. The smallest absolute Gasteiger partial charge is 0.320 e. The zero-order valence-electron chi connectivity index (χ0n) is 15.2. The van der Waals surface area contributed by atoms with Crippen LogP contribution in [0.2, 0.25) is 0 Å². The lowest BCUT2D eigenvalue weighted by Gasteiger charge is -2.23. The summed E-state index contributed by atoms with van der Waals surface area (Å²) in [4.78, 5) is 12.1. The molecule has 0 bridgehead atoms. The minimum atomic E-state index is -0.186. The van der Waals surface area contributed by atoms with Crippen LogP contribution in [0.3, 0.4) is 0 Å². The Morgan fingerprint density at radius 2 is 1.82 bits per heavy atom. The number of aromatic nitrogens is 2. The number of hydrogen-bond donors (Lipinski definition) is 2. The van der Waals surface area contributed by atoms with Crippen LogP contribution in [-0.4, -0.2) is 22.4 Å². The molecule has 126 valence electrons. The van der Waals surface area contributed by atoms with Crippen LogP contribution in [0.25, 0.3) is 0 Å². The van der Waals surface area contributed by atoms with Crippen LogP contribution in [0.15, 0.2) is 6.07 Å². The maximum atomic E-state index is 12.1. The second-order valence-electron chi connectivity index (χ2n) is 7.84. The molecular formula is C17H32N4O. The quantitative estimate of drug-likeness (QED) is 0.799. The van der Waals surface area contributed by atoms with Crippen LogP contribution >= 0.6 is 0 Å². The van der Waals surface area contributed by atoms with Crippen molar-refractivity contribution in [3.05, 3.63) is 11.8 Å². The fourth-order valence-electron chi connectivity index (χ4n) is 2.09. The first-order valence-electron chi connectivity index (χ1n) is 8.21. The maximum Gasteiger partial charge on any atom is 0.320 e. The van der Waals surface area contributed by atoms with Crippen LogP contribution in [0, 0.1) is 0 Å². The van der Waals surface area contributed by atoms with Crippen molar-refractivity contribution in [3.63, 3.8) is 0 Å². The normalized spacial score (nSPS) is 12.3. The first-order chi connectivity index (χ1) is 10.1. The second-order valence-corrected chi connectivity index (χ2v) is 7.84. The van der Waals surface area contributed by atoms with Crippen LogP contribution < -0.4 is 10.6 Å². The van der Waals surface area contributed by atoms with Gasteiger partial charge in [-0.3, -0.25) is 5.32 Å². The molecule has 0 aliphatic rings. The average molecular weight is 308 g/mol. The molecule has 5 nitrogen and oxygen atoms in total. The standard InChI is InChI=1S/C17H32N4O/c1-8-9-10-11-18-15(22)19-14-12-13(16(2,3)4)20-21(14)17(5,6)7/h12H,8-11H2,1-7H3,(H2,18,19,22). The Labute approximate surface area is 134 Å². The molecule has 0 unspecified atom stereocenters. The van der Waals surface area contributed by atoms with Crippen LogP contribution in [-0.2, 0) is 11.0 Å². The summed E-state index contributed by atoms with van der Waals surface area (Å²) in [6.07, 6.45) is 3.29. The highest BCUT2D eigenvalue weighted by atomic mass is 16.2. The van der Waals surface area contributed by atoms with Gasteiger partial charge in [0.25, 0.3) is 0 Å². The fraction of sp³-hybridized carbons (Fsp3) is 0.765. The predicted octanol–water partition coefficient (Wildman–Crippen LogP) is 4.25. The van der Waals surface area contributed by atoms with Crippen molar-refractivity contribution < 1.29 is 4.79 Å². The molecule has 0 atom stereocenters. The summed E-state index contributed by atoms with van der Waals surface area (Å²) < 4.78 is 1.89. The van der Waals surface area contributed by atoms with E-state index in [4.69, 9.17) is 0 Å². The van der Waals surface area contributed by atoms with Crippen molar-refractivity contribution in [2.24, 2.45) is 0 Å². The number of rotatable bonds is 5. The summed E-state index contributed by atoms with van der Waals surface area (Å²) in [6.45, 7) is 15.5. The van der Waals surface area contributed by atoms with E-state index in [2.05, 4.69) is 64.2 Å². The van der Waals surface area contributed by atoms with Gasteiger partial charge < -0.3 is 5.32 Å². The zero-order chi connectivity index (χ0) is 17.0. The highest BCUT2D eigenvalue weighted by Crippen LogP contribution is 2.28. The van der Waals surface area contributed by atoms with Gasteiger partial charge in [-0.2, -0.15) is 5.10 Å². The van der Waals surface area contributed by atoms with Gasteiger partial charge in [-0.25, -0.2) is 9.48 Å². The molecule has 0 saturated carbocycles. The van der Waals surface area contributed by atoms with E-state index in [1.165, 1.54) is 0 Å². The van der Waals surface area contributed by atoms with E-state index in [1.807, 2.05) is 10.7 Å². The van der Waals surface area contributed by atoms with Gasteiger partial charge in [-0.15, -0.1) is 0 Å². The molecule has 2 amide bonds. The van der Waals surface area contributed by atoms with Gasteiger partial charge in [0.1, 0.15) is 5.82 Å². The molecule has 5 heteroatoms. The molecule has 0 aromatic carbocycles.